The van der Waals surface area contributed by atoms with Crippen molar-refractivity contribution in [2.75, 3.05) is 5.32 Å². The second kappa shape index (κ2) is 10.8. The number of hydrogen-bond acceptors (Lipinski definition) is 3. The van der Waals surface area contributed by atoms with Crippen molar-refractivity contribution in [2.45, 2.75) is 39.5 Å². The van der Waals surface area contributed by atoms with Gasteiger partial charge >= 0.3 is 0 Å². The molecule has 2 aromatic carbocycles. The molecule has 5 nitrogen and oxygen atoms in total. The Balaban J connectivity index is 1.79. The summed E-state index contributed by atoms with van der Waals surface area (Å²) in [7, 11) is 0. The highest BCUT2D eigenvalue weighted by Crippen LogP contribution is 2.18. The summed E-state index contributed by atoms with van der Waals surface area (Å²) in [5.74, 6) is -0.443. The van der Waals surface area contributed by atoms with Crippen LogP contribution in [0.5, 0.6) is 0 Å². The number of anilines is 1. The summed E-state index contributed by atoms with van der Waals surface area (Å²) >= 11 is 2.23. The summed E-state index contributed by atoms with van der Waals surface area (Å²) in [4.78, 5) is 24.0. The van der Waals surface area contributed by atoms with Crippen molar-refractivity contribution in [1.29, 1.82) is 0 Å². The number of hydrazone groups is 1. The van der Waals surface area contributed by atoms with Crippen LogP contribution in [0.1, 0.15) is 37.3 Å². The minimum absolute atomic E-state index is 0.0983. The van der Waals surface area contributed by atoms with Gasteiger partial charge in [0.1, 0.15) is 0 Å². The average molecular weight is 477 g/mol. The third-order valence-corrected chi connectivity index (χ3v) is 4.71. The van der Waals surface area contributed by atoms with Gasteiger partial charge in [0.2, 0.25) is 11.8 Å². The first-order valence-electron chi connectivity index (χ1n) is 8.92. The van der Waals surface area contributed by atoms with Crippen LogP contribution in [0.3, 0.4) is 0 Å². The van der Waals surface area contributed by atoms with E-state index in [1.54, 1.807) is 0 Å². The second-order valence-electron chi connectivity index (χ2n) is 6.24. The zero-order chi connectivity index (χ0) is 19.6. The third kappa shape index (κ3) is 7.50. The number of halogens is 1. The molecule has 2 amide bonds. The van der Waals surface area contributed by atoms with Crippen molar-refractivity contribution >= 4 is 45.8 Å². The standard InChI is InChI=1S/C21H24IN3O2/c1-3-18(14-16-7-5-4-6-8-16)24-25-21(27)12-11-20(26)23-19-10-9-17(22)13-15(19)2/h4-10,13H,3,11-12,14H2,1-2H3,(H,23,26)(H,25,27)/b24-18-. The molecule has 0 fully saturated rings. The number of aryl methyl sites for hydroxylation is 1. The number of nitrogens with zero attached hydrogens (tertiary/aromatic N) is 1. The maximum Gasteiger partial charge on any atom is 0.240 e. The topological polar surface area (TPSA) is 70.6 Å². The number of benzene rings is 2. The Hall–Kier alpha value is -2.22. The Bertz CT molecular complexity index is 819. The predicted molar refractivity (Wildman–Crippen MR) is 118 cm³/mol. The van der Waals surface area contributed by atoms with Gasteiger partial charge in [0.15, 0.2) is 0 Å². The lowest BCUT2D eigenvalue weighted by Crippen LogP contribution is -2.22. The van der Waals surface area contributed by atoms with Crippen molar-refractivity contribution in [1.82, 2.24) is 5.43 Å². The van der Waals surface area contributed by atoms with Gasteiger partial charge in [0, 0.05) is 34.2 Å². The fourth-order valence-electron chi connectivity index (χ4n) is 2.48. The van der Waals surface area contributed by atoms with E-state index in [0.717, 1.165) is 32.5 Å². The van der Waals surface area contributed by atoms with Crippen LogP contribution in [0.2, 0.25) is 0 Å². The molecule has 0 atom stereocenters. The SMILES string of the molecule is CC/C(Cc1ccccc1)=N/NC(=O)CCC(=O)Nc1ccc(I)cc1C. The lowest BCUT2D eigenvalue weighted by molar-refractivity contribution is -0.124. The number of carbonyl (C=O) groups excluding carboxylic acids is 2. The van der Waals surface area contributed by atoms with Crippen molar-refractivity contribution in [2.24, 2.45) is 5.10 Å². The number of amides is 2. The van der Waals surface area contributed by atoms with Gasteiger partial charge in [-0.05, 0) is 65.3 Å². The van der Waals surface area contributed by atoms with E-state index in [-0.39, 0.29) is 24.7 Å². The van der Waals surface area contributed by atoms with Gasteiger partial charge in [-0.3, -0.25) is 9.59 Å². The molecule has 0 aliphatic heterocycles. The Morgan fingerprint density at radius 1 is 1.04 bits per heavy atom. The van der Waals surface area contributed by atoms with Crippen LogP contribution in [0.15, 0.2) is 53.6 Å². The van der Waals surface area contributed by atoms with Gasteiger partial charge in [-0.2, -0.15) is 5.10 Å². The van der Waals surface area contributed by atoms with Gasteiger partial charge in [0.25, 0.3) is 0 Å². The van der Waals surface area contributed by atoms with Gasteiger partial charge in [-0.1, -0.05) is 37.3 Å². The van der Waals surface area contributed by atoms with E-state index < -0.39 is 0 Å². The van der Waals surface area contributed by atoms with E-state index in [4.69, 9.17) is 0 Å². The first-order chi connectivity index (χ1) is 13.0. The van der Waals surface area contributed by atoms with E-state index in [2.05, 4.69) is 38.4 Å². The summed E-state index contributed by atoms with van der Waals surface area (Å²) in [6.07, 6.45) is 1.67. The molecule has 2 rings (SSSR count). The molecule has 0 heterocycles. The van der Waals surface area contributed by atoms with Crippen molar-refractivity contribution in [3.63, 3.8) is 0 Å². The lowest BCUT2D eigenvalue weighted by atomic mass is 10.1. The van der Waals surface area contributed by atoms with Crippen LogP contribution < -0.4 is 10.7 Å². The number of carbonyl (C=O) groups is 2. The summed E-state index contributed by atoms with van der Waals surface area (Å²) in [5.41, 5.74) is 6.38. The minimum Gasteiger partial charge on any atom is -0.326 e. The molecular formula is C21H24IN3O2. The Morgan fingerprint density at radius 3 is 2.41 bits per heavy atom. The summed E-state index contributed by atoms with van der Waals surface area (Å²) < 4.78 is 1.11. The summed E-state index contributed by atoms with van der Waals surface area (Å²) in [6, 6.07) is 15.8. The minimum atomic E-state index is -0.261. The van der Waals surface area contributed by atoms with E-state index in [1.165, 1.54) is 0 Å². The van der Waals surface area contributed by atoms with Gasteiger partial charge in [-0.15, -0.1) is 0 Å². The quantitative estimate of drug-likeness (QED) is 0.335. The molecule has 0 spiro atoms. The van der Waals surface area contributed by atoms with Crippen LogP contribution in [-0.2, 0) is 16.0 Å². The average Bonchev–Trinajstić information content (AvgIpc) is 2.66. The Kier molecular flexibility index (Phi) is 8.44. The van der Waals surface area contributed by atoms with E-state index >= 15 is 0 Å². The molecule has 2 N–H and O–H groups in total. The maximum atomic E-state index is 12.1. The highest BCUT2D eigenvalue weighted by Gasteiger charge is 2.09. The molecule has 0 unspecified atom stereocenters. The molecule has 142 valence electrons. The molecule has 0 aromatic heterocycles. The number of rotatable bonds is 8. The summed E-state index contributed by atoms with van der Waals surface area (Å²) in [5, 5.41) is 7.05. The molecule has 0 saturated carbocycles. The molecule has 0 saturated heterocycles. The van der Waals surface area contributed by atoms with Crippen LogP contribution in [0, 0.1) is 10.5 Å². The highest BCUT2D eigenvalue weighted by molar-refractivity contribution is 14.1. The molecule has 6 heteroatoms. The fraction of sp³-hybridized carbons (Fsp3) is 0.286. The monoisotopic (exact) mass is 477 g/mol. The molecule has 2 aromatic rings. The molecular weight excluding hydrogens is 453 g/mol. The van der Waals surface area contributed by atoms with Crippen LogP contribution in [0.25, 0.3) is 0 Å². The van der Waals surface area contributed by atoms with Crippen LogP contribution in [-0.4, -0.2) is 17.5 Å². The predicted octanol–water partition coefficient (Wildman–Crippen LogP) is 4.44. The van der Waals surface area contributed by atoms with Crippen molar-refractivity contribution < 1.29 is 9.59 Å². The van der Waals surface area contributed by atoms with Crippen LogP contribution >= 0.6 is 22.6 Å². The lowest BCUT2D eigenvalue weighted by Gasteiger charge is -2.09. The molecule has 0 radical (unpaired) electrons. The highest BCUT2D eigenvalue weighted by atomic mass is 127. The maximum absolute atomic E-state index is 12.1. The summed E-state index contributed by atoms with van der Waals surface area (Å²) in [6.45, 7) is 3.95. The van der Waals surface area contributed by atoms with E-state index in [1.807, 2.05) is 62.4 Å². The Morgan fingerprint density at radius 2 is 1.74 bits per heavy atom. The number of nitrogens with one attached hydrogen (secondary N) is 2. The van der Waals surface area contributed by atoms with Crippen LogP contribution in [0.4, 0.5) is 5.69 Å². The largest absolute Gasteiger partial charge is 0.326 e. The first kappa shape index (κ1) is 21.1. The molecule has 0 bridgehead atoms. The van der Waals surface area contributed by atoms with E-state index in [0.29, 0.717) is 6.42 Å². The zero-order valence-corrected chi connectivity index (χ0v) is 17.7. The zero-order valence-electron chi connectivity index (χ0n) is 15.6. The van der Waals surface area contributed by atoms with Gasteiger partial charge in [-0.25, -0.2) is 5.43 Å². The molecule has 0 aliphatic carbocycles. The second-order valence-corrected chi connectivity index (χ2v) is 7.48. The smallest absolute Gasteiger partial charge is 0.240 e. The van der Waals surface area contributed by atoms with Crippen molar-refractivity contribution in [3.05, 3.63) is 63.2 Å². The molecule has 27 heavy (non-hydrogen) atoms. The third-order valence-electron chi connectivity index (χ3n) is 4.04. The first-order valence-corrected chi connectivity index (χ1v) is 10.00. The van der Waals surface area contributed by atoms with Crippen molar-refractivity contribution in [3.8, 4) is 0 Å². The van der Waals surface area contributed by atoms with Gasteiger partial charge < -0.3 is 5.32 Å². The van der Waals surface area contributed by atoms with E-state index in [9.17, 15) is 9.59 Å². The van der Waals surface area contributed by atoms with Gasteiger partial charge in [0.05, 0.1) is 0 Å². The normalized spacial score (nSPS) is 11.1. The Labute approximate surface area is 173 Å². The fourth-order valence-corrected chi connectivity index (χ4v) is 3.13. The number of hydrogen-bond donors (Lipinski definition) is 2. The molecule has 0 aliphatic rings.